The largest absolute Gasteiger partial charge is 0.317 e. The molecule has 0 amide bonds. The van der Waals surface area contributed by atoms with Gasteiger partial charge in [-0.05, 0) is 30.7 Å². The topological polar surface area (TPSA) is 68.3 Å². The molecule has 0 saturated carbocycles. The summed E-state index contributed by atoms with van der Waals surface area (Å²) in [4.78, 5) is 0.713. The Bertz CT molecular complexity index is 793. The molecule has 2 aromatic rings. The van der Waals surface area contributed by atoms with Crippen LogP contribution in [0.2, 0.25) is 0 Å². The van der Waals surface area contributed by atoms with E-state index in [9.17, 15) is 8.42 Å². The molecule has 0 saturated heterocycles. The van der Waals surface area contributed by atoms with E-state index in [4.69, 9.17) is 8.42 Å². The van der Waals surface area contributed by atoms with Gasteiger partial charge in [0.05, 0.1) is 9.79 Å². The van der Waals surface area contributed by atoms with E-state index in [-0.39, 0.29) is 0 Å². The zero-order valence-electron chi connectivity index (χ0n) is 10.9. The van der Waals surface area contributed by atoms with Crippen molar-refractivity contribution in [1.29, 1.82) is 0 Å². The van der Waals surface area contributed by atoms with Gasteiger partial charge in [0.2, 0.25) is 9.84 Å². The number of hydrogen-bond donors (Lipinski definition) is 0. The van der Waals surface area contributed by atoms with Crippen molar-refractivity contribution < 1.29 is 16.8 Å². The summed E-state index contributed by atoms with van der Waals surface area (Å²) in [6, 6.07) is 15.5. The third kappa shape index (κ3) is 6.05. The molecule has 0 aliphatic carbocycles. The quantitative estimate of drug-likeness (QED) is 0.762. The first-order valence-electron chi connectivity index (χ1n) is 5.62. The van der Waals surface area contributed by atoms with Crippen LogP contribution in [0.5, 0.6) is 0 Å². The number of aryl methyl sites for hydroxylation is 1. The molecule has 4 nitrogen and oxygen atoms in total. The standard InChI is InChI=1S/C13H12O2S.Cl2O2S/c1-11-7-5-6-10-13(11)16(14,15)12-8-3-2-4-9-12;1-5(2,3)4/h2-10H,1H3;. The molecule has 0 aromatic heterocycles. The lowest BCUT2D eigenvalue weighted by molar-refractivity contribution is 0.595. The first kappa shape index (κ1) is 18.0. The lowest BCUT2D eigenvalue weighted by Crippen LogP contribution is -2.03. The Balaban J connectivity index is 0.000000383. The monoisotopic (exact) mass is 366 g/mol. The van der Waals surface area contributed by atoms with Crippen LogP contribution in [0.3, 0.4) is 0 Å². The van der Waals surface area contributed by atoms with Gasteiger partial charge >= 0.3 is 8.26 Å². The summed E-state index contributed by atoms with van der Waals surface area (Å²) in [7, 11) is 1.44. The average Bonchev–Trinajstić information content (AvgIpc) is 2.38. The predicted octanol–water partition coefficient (Wildman–Crippen LogP) is 3.54. The fraction of sp³-hybridized carbons (Fsp3) is 0.0769. The van der Waals surface area contributed by atoms with Crippen LogP contribution < -0.4 is 0 Å². The van der Waals surface area contributed by atoms with Gasteiger partial charge in [0, 0.05) is 21.4 Å². The molecule has 0 bridgehead atoms. The minimum atomic E-state index is -3.72. The molecule has 0 radical (unpaired) electrons. The minimum absolute atomic E-state index is 0.337. The SMILES string of the molecule is Cc1ccccc1S(=O)(=O)c1ccccc1.O=S(=O)(Cl)Cl. The van der Waals surface area contributed by atoms with Crippen LogP contribution in [0.4, 0.5) is 0 Å². The third-order valence-corrected chi connectivity index (χ3v) is 4.37. The molecular weight excluding hydrogens is 355 g/mol. The molecule has 0 atom stereocenters. The van der Waals surface area contributed by atoms with Gasteiger partial charge in [-0.3, -0.25) is 0 Å². The smallest absolute Gasteiger partial charge is 0.219 e. The second-order valence-electron chi connectivity index (χ2n) is 3.96. The van der Waals surface area contributed by atoms with E-state index in [0.29, 0.717) is 9.79 Å². The van der Waals surface area contributed by atoms with Crippen molar-refractivity contribution in [3.8, 4) is 0 Å². The molecule has 0 fully saturated rings. The molecule has 114 valence electrons. The Labute approximate surface area is 133 Å². The van der Waals surface area contributed by atoms with E-state index in [0.717, 1.165) is 5.56 Å². The lowest BCUT2D eigenvalue weighted by Gasteiger charge is -2.06. The Morgan fingerprint density at radius 2 is 1.19 bits per heavy atom. The highest BCUT2D eigenvalue weighted by molar-refractivity contribution is 8.31. The molecule has 8 heteroatoms. The highest BCUT2D eigenvalue weighted by atomic mass is 36.0. The molecule has 0 aliphatic rings. The van der Waals surface area contributed by atoms with Crippen molar-refractivity contribution >= 4 is 39.5 Å². The molecule has 0 unspecified atom stereocenters. The normalized spacial score (nSPS) is 11.4. The Kier molecular flexibility index (Phi) is 6.22. The Morgan fingerprint density at radius 3 is 1.67 bits per heavy atom. The number of benzene rings is 2. The Morgan fingerprint density at radius 1 is 0.762 bits per heavy atom. The lowest BCUT2D eigenvalue weighted by atomic mass is 10.2. The zero-order valence-corrected chi connectivity index (χ0v) is 14.0. The van der Waals surface area contributed by atoms with E-state index in [1.54, 1.807) is 55.5 Å². The highest BCUT2D eigenvalue weighted by Crippen LogP contribution is 2.22. The summed E-state index contributed by atoms with van der Waals surface area (Å²) in [5, 5.41) is 0. The van der Waals surface area contributed by atoms with Crippen molar-refractivity contribution in [3.05, 3.63) is 60.2 Å². The molecule has 2 rings (SSSR count). The van der Waals surface area contributed by atoms with E-state index < -0.39 is 18.1 Å². The van der Waals surface area contributed by atoms with Crippen molar-refractivity contribution in [2.24, 2.45) is 0 Å². The second-order valence-corrected chi connectivity index (χ2v) is 9.55. The van der Waals surface area contributed by atoms with Crippen LogP contribution in [0.1, 0.15) is 5.56 Å². The van der Waals surface area contributed by atoms with Crippen LogP contribution in [-0.2, 0) is 18.1 Å². The maximum atomic E-state index is 12.3. The van der Waals surface area contributed by atoms with Gasteiger partial charge in [-0.25, -0.2) is 8.42 Å². The number of hydrogen-bond acceptors (Lipinski definition) is 4. The third-order valence-electron chi connectivity index (χ3n) is 2.44. The fourth-order valence-electron chi connectivity index (χ4n) is 1.58. The zero-order chi connectivity index (χ0) is 16.1. The molecule has 2 aromatic carbocycles. The van der Waals surface area contributed by atoms with Crippen LogP contribution in [0, 0.1) is 6.92 Å². The summed E-state index contributed by atoms with van der Waals surface area (Å²) in [5.74, 6) is 0. The molecule has 0 spiro atoms. The molecule has 0 heterocycles. The highest BCUT2D eigenvalue weighted by Gasteiger charge is 2.18. The number of rotatable bonds is 2. The molecule has 0 aliphatic heterocycles. The van der Waals surface area contributed by atoms with Gasteiger partial charge in [-0.2, -0.15) is 8.42 Å². The first-order valence-corrected chi connectivity index (χ1v) is 10.2. The Hall–Kier alpha value is -1.08. The van der Waals surface area contributed by atoms with E-state index in [2.05, 4.69) is 21.4 Å². The summed E-state index contributed by atoms with van der Waals surface area (Å²) >= 11 is 0. The van der Waals surface area contributed by atoms with Gasteiger partial charge < -0.3 is 0 Å². The summed E-state index contributed by atoms with van der Waals surface area (Å²) in [6.45, 7) is 1.80. The first-order chi connectivity index (χ1) is 9.62. The van der Waals surface area contributed by atoms with Gasteiger partial charge in [-0.15, -0.1) is 0 Å². The van der Waals surface area contributed by atoms with Gasteiger partial charge in [0.1, 0.15) is 0 Å². The van der Waals surface area contributed by atoms with Gasteiger partial charge in [0.25, 0.3) is 0 Å². The minimum Gasteiger partial charge on any atom is -0.219 e. The van der Waals surface area contributed by atoms with Gasteiger partial charge in [-0.1, -0.05) is 36.4 Å². The maximum absolute atomic E-state index is 12.3. The molecule has 0 N–H and O–H groups in total. The molecular formula is C13H12Cl2O4S2. The fourth-order valence-corrected chi connectivity index (χ4v) is 3.10. The van der Waals surface area contributed by atoms with Crippen LogP contribution >= 0.6 is 21.4 Å². The molecule has 21 heavy (non-hydrogen) atoms. The second kappa shape index (κ2) is 7.26. The predicted molar refractivity (Wildman–Crippen MR) is 83.7 cm³/mol. The van der Waals surface area contributed by atoms with Crippen molar-refractivity contribution in [2.45, 2.75) is 16.7 Å². The van der Waals surface area contributed by atoms with Crippen LogP contribution in [-0.4, -0.2) is 16.8 Å². The van der Waals surface area contributed by atoms with E-state index in [1.807, 2.05) is 6.07 Å². The summed E-state index contributed by atoms with van der Waals surface area (Å²) in [6.07, 6.45) is 0. The van der Waals surface area contributed by atoms with Crippen molar-refractivity contribution in [2.75, 3.05) is 0 Å². The average molecular weight is 367 g/mol. The van der Waals surface area contributed by atoms with Crippen LogP contribution in [0.25, 0.3) is 0 Å². The van der Waals surface area contributed by atoms with Gasteiger partial charge in [0.15, 0.2) is 0 Å². The van der Waals surface area contributed by atoms with Crippen molar-refractivity contribution in [3.63, 3.8) is 0 Å². The number of sulfone groups is 1. The van der Waals surface area contributed by atoms with E-state index in [1.165, 1.54) is 0 Å². The summed E-state index contributed by atoms with van der Waals surface area (Å²) < 4.78 is 42.8. The van der Waals surface area contributed by atoms with E-state index >= 15 is 0 Å². The number of halogens is 2. The van der Waals surface area contributed by atoms with Crippen molar-refractivity contribution in [1.82, 2.24) is 0 Å². The van der Waals surface area contributed by atoms with Crippen LogP contribution in [0.15, 0.2) is 64.4 Å². The maximum Gasteiger partial charge on any atom is 0.317 e. The summed E-state index contributed by atoms with van der Waals surface area (Å²) in [5.41, 5.74) is 0.770.